The lowest BCUT2D eigenvalue weighted by molar-refractivity contribution is 0.121. The molecule has 0 radical (unpaired) electrons. The van der Waals surface area contributed by atoms with Crippen LogP contribution >= 0.6 is 11.6 Å². The van der Waals surface area contributed by atoms with Crippen molar-refractivity contribution in [2.45, 2.75) is 13.1 Å². The van der Waals surface area contributed by atoms with Crippen molar-refractivity contribution in [2.24, 2.45) is 0 Å². The summed E-state index contributed by atoms with van der Waals surface area (Å²) in [7, 11) is 0. The van der Waals surface area contributed by atoms with Crippen LogP contribution in [0.15, 0.2) is 48.8 Å². The van der Waals surface area contributed by atoms with Crippen molar-refractivity contribution in [3.63, 3.8) is 0 Å². The Morgan fingerprint density at radius 1 is 1.00 bits per heavy atom. The number of nitrogens with zero attached hydrogens (tertiary/aromatic N) is 4. The molecule has 4 rings (SSSR count). The summed E-state index contributed by atoms with van der Waals surface area (Å²) in [6.07, 6.45) is 4.12. The highest BCUT2D eigenvalue weighted by Gasteiger charge is 2.18. The maximum absolute atomic E-state index is 13.3. The van der Waals surface area contributed by atoms with Crippen molar-refractivity contribution in [1.29, 1.82) is 0 Å². The zero-order valence-corrected chi connectivity index (χ0v) is 14.7. The smallest absolute Gasteiger partial charge is 0.141 e. The standard InChI is InChI=1S/C19H20ClFN4/c20-17-11-15(4-5-18(17)21)12-23-7-9-24(10-8-23)13-16-14-25-6-2-1-3-19(25)22-16/h1-6,11,14H,7-10,12-13H2. The van der Waals surface area contributed by atoms with E-state index in [0.29, 0.717) is 0 Å². The predicted molar refractivity (Wildman–Crippen MR) is 97.2 cm³/mol. The van der Waals surface area contributed by atoms with E-state index in [1.54, 1.807) is 6.07 Å². The summed E-state index contributed by atoms with van der Waals surface area (Å²) in [5, 5.41) is 0.197. The SMILES string of the molecule is Fc1ccc(CN2CCN(Cc3cn4ccccc4n3)CC2)cc1Cl. The average molecular weight is 359 g/mol. The van der Waals surface area contributed by atoms with Gasteiger partial charge in [0.2, 0.25) is 0 Å². The second-order valence-electron chi connectivity index (χ2n) is 6.50. The van der Waals surface area contributed by atoms with Crippen molar-refractivity contribution in [2.75, 3.05) is 26.2 Å². The van der Waals surface area contributed by atoms with Crippen molar-refractivity contribution >= 4 is 17.2 Å². The number of aromatic nitrogens is 2. The van der Waals surface area contributed by atoms with E-state index >= 15 is 0 Å². The number of fused-ring (bicyclic) bond motifs is 1. The van der Waals surface area contributed by atoms with Gasteiger partial charge in [0.1, 0.15) is 11.5 Å². The number of piperazine rings is 1. The van der Waals surface area contributed by atoms with Gasteiger partial charge in [-0.3, -0.25) is 9.80 Å². The zero-order chi connectivity index (χ0) is 17.2. The molecule has 0 unspecified atom stereocenters. The third-order valence-corrected chi connectivity index (χ3v) is 4.94. The van der Waals surface area contributed by atoms with Crippen molar-refractivity contribution in [3.8, 4) is 0 Å². The number of imidazole rings is 1. The molecule has 1 fully saturated rings. The molecular formula is C19H20ClFN4. The lowest BCUT2D eigenvalue weighted by Gasteiger charge is -2.34. The fraction of sp³-hybridized carbons (Fsp3) is 0.316. The minimum absolute atomic E-state index is 0.197. The molecule has 0 atom stereocenters. The van der Waals surface area contributed by atoms with Gasteiger partial charge in [-0.25, -0.2) is 9.37 Å². The summed E-state index contributed by atoms with van der Waals surface area (Å²) in [4.78, 5) is 9.47. The minimum Gasteiger partial charge on any atom is -0.307 e. The fourth-order valence-electron chi connectivity index (χ4n) is 3.29. The van der Waals surface area contributed by atoms with Crippen molar-refractivity contribution in [1.82, 2.24) is 19.2 Å². The molecule has 130 valence electrons. The van der Waals surface area contributed by atoms with E-state index in [9.17, 15) is 4.39 Å². The van der Waals surface area contributed by atoms with E-state index in [0.717, 1.165) is 56.2 Å². The molecule has 1 aliphatic rings. The van der Waals surface area contributed by atoms with E-state index in [1.807, 2.05) is 30.5 Å². The number of halogens is 2. The van der Waals surface area contributed by atoms with Gasteiger partial charge < -0.3 is 4.40 Å². The van der Waals surface area contributed by atoms with E-state index in [4.69, 9.17) is 11.6 Å². The topological polar surface area (TPSA) is 23.8 Å². The molecule has 1 saturated heterocycles. The highest BCUT2D eigenvalue weighted by Crippen LogP contribution is 2.18. The van der Waals surface area contributed by atoms with Crippen molar-refractivity contribution < 1.29 is 4.39 Å². The molecule has 0 N–H and O–H groups in total. The summed E-state index contributed by atoms with van der Waals surface area (Å²) in [6, 6.07) is 11.0. The average Bonchev–Trinajstić information content (AvgIpc) is 3.02. The van der Waals surface area contributed by atoms with Gasteiger partial charge in [0.15, 0.2) is 0 Å². The molecule has 1 aliphatic heterocycles. The fourth-order valence-corrected chi connectivity index (χ4v) is 3.50. The lowest BCUT2D eigenvalue weighted by Crippen LogP contribution is -2.45. The first-order chi connectivity index (χ1) is 12.2. The van der Waals surface area contributed by atoms with Crippen LogP contribution in [0.5, 0.6) is 0 Å². The number of hydrogen-bond acceptors (Lipinski definition) is 3. The molecule has 0 spiro atoms. The Balaban J connectivity index is 1.32. The molecule has 0 amide bonds. The summed E-state index contributed by atoms with van der Waals surface area (Å²) in [5.41, 5.74) is 3.15. The van der Waals surface area contributed by atoms with Crippen LogP contribution in [0.1, 0.15) is 11.3 Å². The van der Waals surface area contributed by atoms with E-state index in [-0.39, 0.29) is 10.8 Å². The number of pyridine rings is 1. The van der Waals surface area contributed by atoms with Gasteiger partial charge in [-0.15, -0.1) is 0 Å². The Bertz CT molecular complexity index is 838. The van der Waals surface area contributed by atoms with E-state index < -0.39 is 0 Å². The molecule has 1 aromatic carbocycles. The van der Waals surface area contributed by atoms with Crippen LogP contribution in [0.25, 0.3) is 5.65 Å². The Kier molecular flexibility index (Phi) is 4.70. The minimum atomic E-state index is -0.359. The molecule has 6 heteroatoms. The summed E-state index contributed by atoms with van der Waals surface area (Å²) < 4.78 is 15.3. The largest absolute Gasteiger partial charge is 0.307 e. The summed E-state index contributed by atoms with van der Waals surface area (Å²) in [5.74, 6) is -0.359. The van der Waals surface area contributed by atoms with Gasteiger partial charge in [-0.2, -0.15) is 0 Å². The Labute approximate surface area is 151 Å². The van der Waals surface area contributed by atoms with Gasteiger partial charge in [-0.1, -0.05) is 23.7 Å². The molecule has 0 aliphatic carbocycles. The maximum atomic E-state index is 13.3. The summed E-state index contributed by atoms with van der Waals surface area (Å²) >= 11 is 5.87. The molecule has 4 nitrogen and oxygen atoms in total. The number of rotatable bonds is 4. The van der Waals surface area contributed by atoms with Crippen LogP contribution in [0, 0.1) is 5.82 Å². The Morgan fingerprint density at radius 3 is 2.48 bits per heavy atom. The molecule has 3 aromatic rings. The Morgan fingerprint density at radius 2 is 1.76 bits per heavy atom. The van der Waals surface area contributed by atoms with Crippen LogP contribution in [-0.4, -0.2) is 45.4 Å². The number of hydrogen-bond donors (Lipinski definition) is 0. The lowest BCUT2D eigenvalue weighted by atomic mass is 10.2. The Hall–Kier alpha value is -1.95. The van der Waals surface area contributed by atoms with Crippen LogP contribution in [0.4, 0.5) is 4.39 Å². The highest BCUT2D eigenvalue weighted by molar-refractivity contribution is 6.30. The van der Waals surface area contributed by atoms with Crippen LogP contribution in [0.2, 0.25) is 5.02 Å². The van der Waals surface area contributed by atoms with Gasteiger partial charge in [0.05, 0.1) is 10.7 Å². The molecule has 25 heavy (non-hydrogen) atoms. The van der Waals surface area contributed by atoms with Crippen molar-refractivity contribution in [3.05, 3.63) is 70.9 Å². The quantitative estimate of drug-likeness (QED) is 0.713. The molecule has 0 bridgehead atoms. The molecule has 2 aromatic heterocycles. The molecular weight excluding hydrogens is 339 g/mol. The van der Waals surface area contributed by atoms with Gasteiger partial charge >= 0.3 is 0 Å². The van der Waals surface area contributed by atoms with Crippen LogP contribution in [0.3, 0.4) is 0 Å². The predicted octanol–water partition coefficient (Wildman–Crippen LogP) is 3.44. The summed E-state index contributed by atoms with van der Waals surface area (Å²) in [6.45, 7) is 5.66. The highest BCUT2D eigenvalue weighted by atomic mass is 35.5. The van der Waals surface area contributed by atoms with E-state index in [2.05, 4.69) is 25.4 Å². The maximum Gasteiger partial charge on any atom is 0.141 e. The first-order valence-corrected chi connectivity index (χ1v) is 8.86. The first-order valence-electron chi connectivity index (χ1n) is 8.49. The number of benzene rings is 1. The zero-order valence-electron chi connectivity index (χ0n) is 13.9. The second kappa shape index (κ2) is 7.12. The normalized spacial score (nSPS) is 16.6. The molecule has 3 heterocycles. The first kappa shape index (κ1) is 16.5. The monoisotopic (exact) mass is 358 g/mol. The second-order valence-corrected chi connectivity index (χ2v) is 6.91. The molecule has 0 saturated carbocycles. The van der Waals surface area contributed by atoms with E-state index in [1.165, 1.54) is 6.07 Å². The van der Waals surface area contributed by atoms with Crippen LogP contribution in [-0.2, 0) is 13.1 Å². The third kappa shape index (κ3) is 3.84. The van der Waals surface area contributed by atoms with Crippen LogP contribution < -0.4 is 0 Å². The van der Waals surface area contributed by atoms with Gasteiger partial charge in [-0.05, 0) is 29.8 Å². The van der Waals surface area contributed by atoms with Gasteiger partial charge in [0, 0.05) is 51.7 Å². The van der Waals surface area contributed by atoms with Gasteiger partial charge in [0.25, 0.3) is 0 Å². The third-order valence-electron chi connectivity index (χ3n) is 4.65.